The van der Waals surface area contributed by atoms with Gasteiger partial charge in [0.15, 0.2) is 21.4 Å². The van der Waals surface area contributed by atoms with E-state index in [1.54, 1.807) is 6.92 Å². The first-order valence-corrected chi connectivity index (χ1v) is 9.14. The van der Waals surface area contributed by atoms with Crippen molar-refractivity contribution in [1.29, 1.82) is 0 Å². The standard InChI is InChI=1S/C15H16ClNO6S/c1-9-11(8-17-23-9)14(18)10-4-5-12(24(3,19)20)15(13(10)16)22-7-6-21-2/h4-5,8H,6-7H2,1-3H3. The monoisotopic (exact) mass is 373 g/mol. The maximum absolute atomic E-state index is 12.6. The summed E-state index contributed by atoms with van der Waals surface area (Å²) in [5, 5.41) is 3.47. The van der Waals surface area contributed by atoms with Crippen LogP contribution >= 0.6 is 11.6 Å². The van der Waals surface area contributed by atoms with E-state index in [1.807, 2.05) is 0 Å². The summed E-state index contributed by atoms with van der Waals surface area (Å²) in [7, 11) is -2.11. The van der Waals surface area contributed by atoms with Crippen LogP contribution in [0.3, 0.4) is 0 Å². The van der Waals surface area contributed by atoms with Gasteiger partial charge in [0.2, 0.25) is 0 Å². The molecule has 0 unspecified atom stereocenters. The Morgan fingerprint density at radius 2 is 2.00 bits per heavy atom. The first kappa shape index (κ1) is 18.4. The maximum Gasteiger partial charge on any atom is 0.199 e. The highest BCUT2D eigenvalue weighted by Gasteiger charge is 2.25. The first-order valence-electron chi connectivity index (χ1n) is 6.87. The highest BCUT2D eigenvalue weighted by Crippen LogP contribution is 2.36. The Bertz CT molecular complexity index is 859. The number of hydrogen-bond acceptors (Lipinski definition) is 7. The number of sulfone groups is 1. The van der Waals surface area contributed by atoms with E-state index < -0.39 is 15.6 Å². The number of aromatic nitrogens is 1. The molecule has 0 aliphatic rings. The fourth-order valence-corrected chi connectivity index (χ4v) is 3.20. The van der Waals surface area contributed by atoms with Crippen molar-refractivity contribution in [2.24, 2.45) is 0 Å². The lowest BCUT2D eigenvalue weighted by Gasteiger charge is -2.14. The van der Waals surface area contributed by atoms with E-state index in [9.17, 15) is 13.2 Å². The number of carbonyl (C=O) groups excluding carboxylic acids is 1. The number of ketones is 1. The Morgan fingerprint density at radius 1 is 1.29 bits per heavy atom. The van der Waals surface area contributed by atoms with Crippen LogP contribution in [0.1, 0.15) is 21.7 Å². The lowest BCUT2D eigenvalue weighted by molar-refractivity contribution is 0.103. The van der Waals surface area contributed by atoms with E-state index in [0.29, 0.717) is 5.76 Å². The molecule has 0 radical (unpaired) electrons. The van der Waals surface area contributed by atoms with Crippen molar-refractivity contribution in [3.63, 3.8) is 0 Å². The van der Waals surface area contributed by atoms with Crippen LogP contribution in [0.15, 0.2) is 27.7 Å². The van der Waals surface area contributed by atoms with E-state index in [4.69, 9.17) is 25.6 Å². The summed E-state index contributed by atoms with van der Waals surface area (Å²) < 4.78 is 39.0. The summed E-state index contributed by atoms with van der Waals surface area (Å²) in [5.74, 6) is -0.170. The van der Waals surface area contributed by atoms with E-state index in [2.05, 4.69) is 5.16 Å². The second-order valence-corrected chi connectivity index (χ2v) is 7.35. The molecule has 2 rings (SSSR count). The quantitative estimate of drug-likeness (QED) is 0.542. The molecule has 0 N–H and O–H groups in total. The highest BCUT2D eigenvalue weighted by molar-refractivity contribution is 7.90. The minimum atomic E-state index is -3.59. The molecule has 7 nitrogen and oxygen atoms in total. The van der Waals surface area contributed by atoms with E-state index in [1.165, 1.54) is 25.4 Å². The van der Waals surface area contributed by atoms with Crippen LogP contribution in [0, 0.1) is 6.92 Å². The van der Waals surface area contributed by atoms with Crippen LogP contribution in [0.2, 0.25) is 5.02 Å². The minimum absolute atomic E-state index is 0.0730. The summed E-state index contributed by atoms with van der Waals surface area (Å²) in [4.78, 5) is 12.5. The maximum atomic E-state index is 12.6. The molecule has 1 heterocycles. The van der Waals surface area contributed by atoms with Crippen molar-refractivity contribution in [3.8, 4) is 5.75 Å². The van der Waals surface area contributed by atoms with Gasteiger partial charge in [0.1, 0.15) is 17.3 Å². The summed E-state index contributed by atoms with van der Waals surface area (Å²) in [5.41, 5.74) is 0.342. The van der Waals surface area contributed by atoms with Crippen LogP contribution in [0.5, 0.6) is 5.75 Å². The van der Waals surface area contributed by atoms with Gasteiger partial charge in [-0.05, 0) is 19.1 Å². The van der Waals surface area contributed by atoms with Crippen LogP contribution in [-0.4, -0.2) is 45.9 Å². The zero-order valence-corrected chi connectivity index (χ0v) is 14.9. The van der Waals surface area contributed by atoms with E-state index in [0.717, 1.165) is 6.26 Å². The Hall–Kier alpha value is -1.90. The van der Waals surface area contributed by atoms with Crippen molar-refractivity contribution in [1.82, 2.24) is 5.16 Å². The number of aryl methyl sites for hydroxylation is 1. The summed E-state index contributed by atoms with van der Waals surface area (Å²) in [6.07, 6.45) is 2.32. The second-order valence-electron chi connectivity index (χ2n) is 4.99. The number of ether oxygens (including phenoxy) is 2. The molecule has 2 aromatic rings. The summed E-state index contributed by atoms with van der Waals surface area (Å²) >= 11 is 6.26. The van der Waals surface area contributed by atoms with Crippen molar-refractivity contribution in [2.75, 3.05) is 26.6 Å². The average molecular weight is 374 g/mol. The third-order valence-corrected chi connectivity index (χ3v) is 4.73. The number of nitrogens with zero attached hydrogens (tertiary/aromatic N) is 1. The first-order chi connectivity index (χ1) is 11.3. The normalized spacial score (nSPS) is 11.5. The van der Waals surface area contributed by atoms with Crippen LogP contribution < -0.4 is 4.74 Å². The lowest BCUT2D eigenvalue weighted by Crippen LogP contribution is -2.11. The number of halogens is 1. The third kappa shape index (κ3) is 3.77. The molecule has 1 aromatic carbocycles. The van der Waals surface area contributed by atoms with E-state index in [-0.39, 0.29) is 40.0 Å². The van der Waals surface area contributed by atoms with Gasteiger partial charge in [0.05, 0.1) is 23.4 Å². The Morgan fingerprint density at radius 3 is 2.54 bits per heavy atom. The molecule has 0 bridgehead atoms. The molecule has 0 amide bonds. The molecular weight excluding hydrogens is 358 g/mol. The molecule has 0 atom stereocenters. The van der Waals surface area contributed by atoms with Gasteiger partial charge >= 0.3 is 0 Å². The molecule has 0 saturated heterocycles. The number of carbonyl (C=O) groups is 1. The number of rotatable bonds is 7. The molecule has 130 valence electrons. The number of methoxy groups -OCH3 is 1. The third-order valence-electron chi connectivity index (χ3n) is 3.23. The van der Waals surface area contributed by atoms with Crippen LogP contribution in [0.25, 0.3) is 0 Å². The van der Waals surface area contributed by atoms with Crippen molar-refractivity contribution >= 4 is 27.2 Å². The predicted octanol–water partition coefficient (Wildman–Crippen LogP) is 2.30. The van der Waals surface area contributed by atoms with Gasteiger partial charge in [-0.2, -0.15) is 0 Å². The Labute approximate surface area is 144 Å². The second kappa shape index (κ2) is 7.33. The fourth-order valence-electron chi connectivity index (χ4n) is 2.03. The van der Waals surface area contributed by atoms with Gasteiger partial charge in [0, 0.05) is 18.9 Å². The Balaban J connectivity index is 2.53. The SMILES string of the molecule is COCCOc1c(S(C)(=O)=O)ccc(C(=O)c2cnoc2C)c1Cl. The summed E-state index contributed by atoms with van der Waals surface area (Å²) in [6.45, 7) is 1.92. The molecule has 9 heteroatoms. The molecule has 0 spiro atoms. The zero-order valence-electron chi connectivity index (χ0n) is 13.3. The molecule has 24 heavy (non-hydrogen) atoms. The molecular formula is C15H16ClNO6S. The number of benzene rings is 1. The molecule has 0 saturated carbocycles. The largest absolute Gasteiger partial charge is 0.488 e. The van der Waals surface area contributed by atoms with Gasteiger partial charge in [-0.15, -0.1) is 0 Å². The highest BCUT2D eigenvalue weighted by atomic mass is 35.5. The zero-order chi connectivity index (χ0) is 17.9. The minimum Gasteiger partial charge on any atom is -0.488 e. The van der Waals surface area contributed by atoms with Gasteiger partial charge in [0.25, 0.3) is 0 Å². The van der Waals surface area contributed by atoms with E-state index >= 15 is 0 Å². The smallest absolute Gasteiger partial charge is 0.199 e. The molecule has 0 aliphatic carbocycles. The van der Waals surface area contributed by atoms with Crippen molar-refractivity contribution < 1.29 is 27.2 Å². The van der Waals surface area contributed by atoms with Gasteiger partial charge < -0.3 is 14.0 Å². The van der Waals surface area contributed by atoms with Crippen molar-refractivity contribution in [3.05, 3.63) is 40.2 Å². The number of hydrogen-bond donors (Lipinski definition) is 0. The molecule has 0 aliphatic heterocycles. The van der Waals surface area contributed by atoms with Gasteiger partial charge in [-0.25, -0.2) is 8.42 Å². The lowest BCUT2D eigenvalue weighted by atomic mass is 10.0. The average Bonchev–Trinajstić information content (AvgIpc) is 2.93. The topological polar surface area (TPSA) is 95.7 Å². The van der Waals surface area contributed by atoms with Crippen LogP contribution in [-0.2, 0) is 14.6 Å². The van der Waals surface area contributed by atoms with Gasteiger partial charge in [-0.1, -0.05) is 16.8 Å². The molecule has 0 fully saturated rings. The van der Waals surface area contributed by atoms with Gasteiger partial charge in [-0.3, -0.25) is 4.79 Å². The van der Waals surface area contributed by atoms with Crippen molar-refractivity contribution in [2.45, 2.75) is 11.8 Å². The predicted molar refractivity (Wildman–Crippen MR) is 86.6 cm³/mol. The Kier molecular flexibility index (Phi) is 5.63. The van der Waals surface area contributed by atoms with Crippen LogP contribution in [0.4, 0.5) is 0 Å². The fraction of sp³-hybridized carbons (Fsp3) is 0.333. The summed E-state index contributed by atoms with van der Waals surface area (Å²) in [6, 6.07) is 2.64. The molecule has 1 aromatic heterocycles.